The number of aliphatic hydroxyl groups is 1. The third-order valence-electron chi connectivity index (χ3n) is 3.16. The lowest BCUT2D eigenvalue weighted by Gasteiger charge is -2.24. The molecule has 2 nitrogen and oxygen atoms in total. The maximum Gasteiger partial charge on any atom is 0.146 e. The molecule has 0 bridgehead atoms. The quantitative estimate of drug-likeness (QED) is 0.922. The first kappa shape index (κ1) is 14.5. The molecule has 0 aliphatic carbocycles. The molecule has 1 N–H and O–H groups in total. The van der Waals surface area contributed by atoms with Crippen LogP contribution in [0.2, 0.25) is 0 Å². The average molecular weight is 277 g/mol. The highest BCUT2D eigenvalue weighted by atomic mass is 19.1. The number of benzene rings is 2. The normalized spacial score (nSPS) is 12.2. The van der Waals surface area contributed by atoms with Crippen molar-refractivity contribution in [3.8, 4) is 0 Å². The zero-order valence-corrected chi connectivity index (χ0v) is 11.5. The van der Waals surface area contributed by atoms with E-state index >= 15 is 0 Å². The number of nitrogens with zero attached hydrogens (tertiary/aromatic N) is 1. The van der Waals surface area contributed by atoms with Crippen molar-refractivity contribution < 1.29 is 13.9 Å². The minimum Gasteiger partial charge on any atom is -0.389 e. The molecule has 0 spiro atoms. The van der Waals surface area contributed by atoms with Crippen LogP contribution in [-0.4, -0.2) is 12.2 Å². The van der Waals surface area contributed by atoms with Crippen molar-refractivity contribution in [2.45, 2.75) is 19.6 Å². The van der Waals surface area contributed by atoms with Gasteiger partial charge in [0.05, 0.1) is 11.8 Å². The maximum absolute atomic E-state index is 14.0. The summed E-state index contributed by atoms with van der Waals surface area (Å²) in [7, 11) is 1.72. The zero-order chi connectivity index (χ0) is 14.7. The third-order valence-corrected chi connectivity index (χ3v) is 3.16. The largest absolute Gasteiger partial charge is 0.389 e. The van der Waals surface area contributed by atoms with Crippen molar-refractivity contribution in [3.05, 3.63) is 65.2 Å². The number of rotatable bonds is 4. The van der Waals surface area contributed by atoms with E-state index in [4.69, 9.17) is 0 Å². The Balaban J connectivity index is 2.31. The van der Waals surface area contributed by atoms with Crippen LogP contribution in [0.5, 0.6) is 0 Å². The SMILES string of the molecule is CC(O)c1cccc(F)c1N(C)Cc1cccc(F)c1. The molecule has 0 aliphatic heterocycles. The van der Waals surface area contributed by atoms with Gasteiger partial charge in [-0.25, -0.2) is 8.78 Å². The van der Waals surface area contributed by atoms with E-state index in [2.05, 4.69) is 0 Å². The molecule has 0 aliphatic rings. The Bertz CT molecular complexity index is 599. The third kappa shape index (κ3) is 3.14. The molecule has 2 aromatic rings. The number of para-hydroxylation sites is 1. The van der Waals surface area contributed by atoms with Gasteiger partial charge in [0.25, 0.3) is 0 Å². The monoisotopic (exact) mass is 277 g/mol. The topological polar surface area (TPSA) is 23.5 Å². The second kappa shape index (κ2) is 6.01. The van der Waals surface area contributed by atoms with Gasteiger partial charge >= 0.3 is 0 Å². The molecule has 1 unspecified atom stereocenters. The molecule has 2 rings (SSSR count). The van der Waals surface area contributed by atoms with Gasteiger partial charge in [0.2, 0.25) is 0 Å². The highest BCUT2D eigenvalue weighted by Crippen LogP contribution is 2.29. The summed E-state index contributed by atoms with van der Waals surface area (Å²) >= 11 is 0. The summed E-state index contributed by atoms with van der Waals surface area (Å²) in [4.78, 5) is 1.67. The van der Waals surface area contributed by atoms with Crippen molar-refractivity contribution in [2.24, 2.45) is 0 Å². The van der Waals surface area contributed by atoms with Crippen LogP contribution in [0.4, 0.5) is 14.5 Å². The lowest BCUT2D eigenvalue weighted by atomic mass is 10.1. The van der Waals surface area contributed by atoms with Crippen LogP contribution in [0, 0.1) is 11.6 Å². The van der Waals surface area contributed by atoms with Crippen LogP contribution < -0.4 is 4.90 Å². The van der Waals surface area contributed by atoms with E-state index in [0.29, 0.717) is 17.8 Å². The van der Waals surface area contributed by atoms with Gasteiger partial charge in [-0.1, -0.05) is 24.3 Å². The van der Waals surface area contributed by atoms with Gasteiger partial charge in [0, 0.05) is 19.2 Å². The highest BCUT2D eigenvalue weighted by molar-refractivity contribution is 5.55. The van der Waals surface area contributed by atoms with Crippen LogP contribution in [-0.2, 0) is 6.54 Å². The summed E-state index contributed by atoms with van der Waals surface area (Å²) in [5.74, 6) is -0.720. The van der Waals surface area contributed by atoms with Gasteiger partial charge in [-0.2, -0.15) is 0 Å². The van der Waals surface area contributed by atoms with Crippen molar-refractivity contribution in [2.75, 3.05) is 11.9 Å². The molecule has 4 heteroatoms. The Morgan fingerprint density at radius 2 is 1.85 bits per heavy atom. The summed E-state index contributed by atoms with van der Waals surface area (Å²) in [6, 6.07) is 10.8. The minimum atomic E-state index is -0.768. The van der Waals surface area contributed by atoms with E-state index in [0.717, 1.165) is 5.56 Å². The van der Waals surface area contributed by atoms with Gasteiger partial charge in [0.1, 0.15) is 11.6 Å². The van der Waals surface area contributed by atoms with E-state index < -0.39 is 11.9 Å². The van der Waals surface area contributed by atoms with Crippen molar-refractivity contribution in [1.82, 2.24) is 0 Å². The van der Waals surface area contributed by atoms with Crippen molar-refractivity contribution >= 4 is 5.69 Å². The molecular weight excluding hydrogens is 260 g/mol. The molecule has 106 valence electrons. The summed E-state index contributed by atoms with van der Waals surface area (Å²) in [5.41, 5.74) is 1.60. The van der Waals surface area contributed by atoms with Crippen LogP contribution >= 0.6 is 0 Å². The van der Waals surface area contributed by atoms with Gasteiger partial charge in [-0.05, 0) is 30.7 Å². The molecule has 20 heavy (non-hydrogen) atoms. The van der Waals surface area contributed by atoms with Crippen molar-refractivity contribution in [3.63, 3.8) is 0 Å². The van der Waals surface area contributed by atoms with Crippen molar-refractivity contribution in [1.29, 1.82) is 0 Å². The molecule has 1 atom stereocenters. The number of hydrogen-bond acceptors (Lipinski definition) is 2. The van der Waals surface area contributed by atoms with Crippen LogP contribution in [0.1, 0.15) is 24.2 Å². The van der Waals surface area contributed by atoms with E-state index in [1.54, 1.807) is 43.1 Å². The second-order valence-corrected chi connectivity index (χ2v) is 4.84. The first-order chi connectivity index (χ1) is 9.49. The van der Waals surface area contributed by atoms with Gasteiger partial charge in [0.15, 0.2) is 0 Å². The zero-order valence-electron chi connectivity index (χ0n) is 11.5. The Morgan fingerprint density at radius 3 is 2.50 bits per heavy atom. The summed E-state index contributed by atoms with van der Waals surface area (Å²) in [5, 5.41) is 9.73. The molecule has 0 radical (unpaired) electrons. The van der Waals surface area contributed by atoms with Crippen LogP contribution in [0.3, 0.4) is 0 Å². The second-order valence-electron chi connectivity index (χ2n) is 4.84. The average Bonchev–Trinajstić information content (AvgIpc) is 2.38. The molecule has 0 aromatic heterocycles. The number of hydrogen-bond donors (Lipinski definition) is 1. The number of halogens is 2. The molecule has 2 aromatic carbocycles. The Morgan fingerprint density at radius 1 is 1.15 bits per heavy atom. The van der Waals surface area contributed by atoms with E-state index in [1.807, 2.05) is 0 Å². The van der Waals surface area contributed by atoms with Crippen LogP contribution in [0.25, 0.3) is 0 Å². The smallest absolute Gasteiger partial charge is 0.146 e. The molecule has 0 saturated carbocycles. The molecule has 0 heterocycles. The first-order valence-electron chi connectivity index (χ1n) is 6.41. The molecular formula is C16H17F2NO. The minimum absolute atomic E-state index is 0.319. The molecule has 0 amide bonds. The Hall–Kier alpha value is -1.94. The van der Waals surface area contributed by atoms with Gasteiger partial charge in [-0.15, -0.1) is 0 Å². The fourth-order valence-corrected chi connectivity index (χ4v) is 2.26. The maximum atomic E-state index is 14.0. The number of aliphatic hydroxyl groups excluding tert-OH is 1. The van der Waals surface area contributed by atoms with E-state index in [1.165, 1.54) is 18.2 Å². The summed E-state index contributed by atoms with van der Waals surface area (Å²) in [6.45, 7) is 1.95. The molecule has 0 fully saturated rings. The van der Waals surface area contributed by atoms with E-state index in [-0.39, 0.29) is 5.82 Å². The fraction of sp³-hybridized carbons (Fsp3) is 0.250. The predicted molar refractivity (Wildman–Crippen MR) is 75.5 cm³/mol. The first-order valence-corrected chi connectivity index (χ1v) is 6.41. The fourth-order valence-electron chi connectivity index (χ4n) is 2.26. The highest BCUT2D eigenvalue weighted by Gasteiger charge is 2.16. The lowest BCUT2D eigenvalue weighted by Crippen LogP contribution is -2.20. The Kier molecular flexibility index (Phi) is 4.35. The lowest BCUT2D eigenvalue weighted by molar-refractivity contribution is 0.199. The predicted octanol–water partition coefficient (Wildman–Crippen LogP) is 3.65. The summed E-state index contributed by atoms with van der Waals surface area (Å²) < 4.78 is 27.2. The summed E-state index contributed by atoms with van der Waals surface area (Å²) in [6.07, 6.45) is -0.768. The van der Waals surface area contributed by atoms with Crippen LogP contribution in [0.15, 0.2) is 42.5 Å². The molecule has 0 saturated heterocycles. The van der Waals surface area contributed by atoms with E-state index in [9.17, 15) is 13.9 Å². The Labute approximate surface area is 117 Å². The standard InChI is InChI=1S/C16H17F2NO/c1-11(20)14-7-4-8-15(18)16(14)19(2)10-12-5-3-6-13(17)9-12/h3-9,11,20H,10H2,1-2H3. The number of anilines is 1. The van der Waals surface area contributed by atoms with Gasteiger partial charge < -0.3 is 10.0 Å². The van der Waals surface area contributed by atoms with Gasteiger partial charge in [-0.3, -0.25) is 0 Å².